The molecule has 0 N–H and O–H groups in total. The molecule has 0 saturated carbocycles. The molecule has 0 spiro atoms. The predicted octanol–water partition coefficient (Wildman–Crippen LogP) is 1.96. The van der Waals surface area contributed by atoms with Crippen LogP contribution in [0.2, 0.25) is 0 Å². The molecule has 0 aliphatic rings. The highest BCUT2D eigenvalue weighted by Crippen LogP contribution is 2.22. The molecule has 0 aliphatic heterocycles. The summed E-state index contributed by atoms with van der Waals surface area (Å²) in [5.41, 5.74) is 3.12. The summed E-state index contributed by atoms with van der Waals surface area (Å²) in [4.78, 5) is 0. The van der Waals surface area contributed by atoms with Gasteiger partial charge in [0.05, 0.1) is 14.1 Å². The van der Waals surface area contributed by atoms with Crippen LogP contribution in [0.3, 0.4) is 0 Å². The maximum absolute atomic E-state index is 13.0. The van der Waals surface area contributed by atoms with Crippen molar-refractivity contribution >= 4 is 0 Å². The Morgan fingerprint density at radius 2 is 2.07 bits per heavy atom. The molecule has 0 unspecified atom stereocenters. The summed E-state index contributed by atoms with van der Waals surface area (Å²) < 4.78 is 17.0. The largest absolute Gasteiger partial charge is 0.243 e. The van der Waals surface area contributed by atoms with Crippen LogP contribution in [0.15, 0.2) is 30.7 Å². The normalized spacial score (nSPS) is 10.7. The van der Waals surface area contributed by atoms with E-state index in [2.05, 4.69) is 0 Å². The lowest BCUT2D eigenvalue weighted by Crippen LogP contribution is -2.23. The van der Waals surface area contributed by atoms with E-state index in [1.807, 2.05) is 48.7 Å². The highest BCUT2D eigenvalue weighted by Gasteiger charge is 2.12. The minimum Gasteiger partial charge on any atom is -0.239 e. The molecule has 0 fully saturated rings. The van der Waals surface area contributed by atoms with E-state index in [1.165, 1.54) is 6.07 Å². The topological polar surface area (TPSA) is 8.81 Å². The first-order chi connectivity index (χ1) is 7.08. The Hall–Kier alpha value is -1.64. The average Bonchev–Trinajstić information content (AvgIpc) is 2.45. The van der Waals surface area contributed by atoms with Gasteiger partial charge in [0, 0.05) is 5.56 Å². The summed E-state index contributed by atoms with van der Waals surface area (Å²) >= 11 is 0. The van der Waals surface area contributed by atoms with Crippen molar-refractivity contribution < 1.29 is 8.96 Å². The maximum atomic E-state index is 13.0. The Bertz CT molecular complexity index is 500. The molecule has 2 nitrogen and oxygen atoms in total. The van der Waals surface area contributed by atoms with Gasteiger partial charge < -0.3 is 0 Å². The Morgan fingerprint density at radius 1 is 1.33 bits per heavy atom. The van der Waals surface area contributed by atoms with Crippen LogP contribution >= 0.6 is 0 Å². The number of aryl methyl sites for hydroxylation is 3. The van der Waals surface area contributed by atoms with Gasteiger partial charge in [0.25, 0.3) is 0 Å². The number of halogens is 1. The molecule has 1 aromatic carbocycles. The van der Waals surface area contributed by atoms with Crippen LogP contribution in [-0.4, -0.2) is 4.57 Å². The quantitative estimate of drug-likeness (QED) is 0.629. The van der Waals surface area contributed by atoms with Crippen LogP contribution in [0.1, 0.15) is 5.56 Å². The number of rotatable bonds is 1. The fraction of sp³-hybridized carbons (Fsp3) is 0.250. The Morgan fingerprint density at radius 3 is 2.60 bits per heavy atom. The molecule has 0 amide bonds. The SMILES string of the molecule is Cc1cc(F)ccc1-c1c[n+](C)cn1C. The van der Waals surface area contributed by atoms with Crippen molar-refractivity contribution in [2.24, 2.45) is 14.1 Å². The zero-order valence-corrected chi connectivity index (χ0v) is 9.16. The van der Waals surface area contributed by atoms with E-state index in [0.717, 1.165) is 16.8 Å². The first kappa shape index (κ1) is 9.90. The van der Waals surface area contributed by atoms with Crippen molar-refractivity contribution in [1.82, 2.24) is 4.57 Å². The summed E-state index contributed by atoms with van der Waals surface area (Å²) in [5.74, 6) is -0.185. The Kier molecular flexibility index (Phi) is 2.31. The molecule has 15 heavy (non-hydrogen) atoms. The summed E-state index contributed by atoms with van der Waals surface area (Å²) in [5, 5.41) is 0. The molecule has 2 aromatic rings. The van der Waals surface area contributed by atoms with E-state index in [0.29, 0.717) is 0 Å². The van der Waals surface area contributed by atoms with Crippen molar-refractivity contribution in [3.63, 3.8) is 0 Å². The van der Waals surface area contributed by atoms with Gasteiger partial charge in [0.2, 0.25) is 6.33 Å². The lowest BCUT2D eigenvalue weighted by molar-refractivity contribution is -0.670. The number of nitrogens with zero attached hydrogens (tertiary/aromatic N) is 2. The van der Waals surface area contributed by atoms with Gasteiger partial charge in [0.15, 0.2) is 5.69 Å². The number of hydrogen-bond donors (Lipinski definition) is 0. The molecule has 3 heteroatoms. The lowest BCUT2D eigenvalue weighted by Gasteiger charge is -2.01. The van der Waals surface area contributed by atoms with E-state index >= 15 is 0 Å². The molecule has 78 valence electrons. The van der Waals surface area contributed by atoms with Crippen LogP contribution in [0.25, 0.3) is 11.3 Å². The van der Waals surface area contributed by atoms with Crippen molar-refractivity contribution in [2.45, 2.75) is 6.92 Å². The first-order valence-electron chi connectivity index (χ1n) is 4.86. The molecular weight excluding hydrogens is 191 g/mol. The maximum Gasteiger partial charge on any atom is 0.243 e. The Balaban J connectivity index is 2.59. The van der Waals surface area contributed by atoms with Crippen LogP contribution in [0.5, 0.6) is 0 Å². The molecule has 1 heterocycles. The minimum absolute atomic E-state index is 0.185. The van der Waals surface area contributed by atoms with Crippen LogP contribution in [0.4, 0.5) is 4.39 Å². The van der Waals surface area contributed by atoms with Crippen molar-refractivity contribution in [3.8, 4) is 11.3 Å². The second kappa shape index (κ2) is 3.50. The molecule has 0 bridgehead atoms. The van der Waals surface area contributed by atoms with E-state index in [-0.39, 0.29) is 5.82 Å². The molecule has 0 aliphatic carbocycles. The molecule has 1 aromatic heterocycles. The number of imidazole rings is 1. The summed E-state index contributed by atoms with van der Waals surface area (Å²) in [6.07, 6.45) is 4.01. The third-order valence-electron chi connectivity index (χ3n) is 2.53. The van der Waals surface area contributed by atoms with Gasteiger partial charge in [-0.05, 0) is 30.7 Å². The van der Waals surface area contributed by atoms with E-state index in [1.54, 1.807) is 6.07 Å². The van der Waals surface area contributed by atoms with Gasteiger partial charge in [-0.3, -0.25) is 0 Å². The van der Waals surface area contributed by atoms with Gasteiger partial charge >= 0.3 is 0 Å². The third kappa shape index (κ3) is 1.77. The lowest BCUT2D eigenvalue weighted by atomic mass is 10.1. The highest BCUT2D eigenvalue weighted by molar-refractivity contribution is 5.62. The van der Waals surface area contributed by atoms with Gasteiger partial charge in [0.1, 0.15) is 12.0 Å². The highest BCUT2D eigenvalue weighted by atomic mass is 19.1. The van der Waals surface area contributed by atoms with Gasteiger partial charge in [-0.1, -0.05) is 0 Å². The molecule has 0 radical (unpaired) electrons. The van der Waals surface area contributed by atoms with Gasteiger partial charge in [-0.2, -0.15) is 0 Å². The fourth-order valence-electron chi connectivity index (χ4n) is 1.83. The fourth-order valence-corrected chi connectivity index (χ4v) is 1.83. The predicted molar refractivity (Wildman–Crippen MR) is 56.7 cm³/mol. The molecule has 0 atom stereocenters. The summed E-state index contributed by atoms with van der Waals surface area (Å²) in [7, 11) is 3.96. The van der Waals surface area contributed by atoms with Crippen LogP contribution in [-0.2, 0) is 14.1 Å². The second-order valence-electron chi connectivity index (χ2n) is 3.87. The van der Waals surface area contributed by atoms with Crippen LogP contribution in [0, 0.1) is 12.7 Å². The average molecular weight is 205 g/mol. The standard InChI is InChI=1S/C12H14FN2/c1-9-6-10(13)4-5-11(9)12-7-14(2)8-15(12)3/h4-8H,1-3H3/q+1. The van der Waals surface area contributed by atoms with Crippen molar-refractivity contribution in [3.05, 3.63) is 42.1 Å². The van der Waals surface area contributed by atoms with Gasteiger partial charge in [-0.15, -0.1) is 0 Å². The summed E-state index contributed by atoms with van der Waals surface area (Å²) in [6.45, 7) is 1.92. The zero-order valence-electron chi connectivity index (χ0n) is 9.16. The monoisotopic (exact) mass is 205 g/mol. The first-order valence-corrected chi connectivity index (χ1v) is 4.86. The van der Waals surface area contributed by atoms with Crippen molar-refractivity contribution in [1.29, 1.82) is 0 Å². The van der Waals surface area contributed by atoms with E-state index in [4.69, 9.17) is 0 Å². The Labute approximate surface area is 88.6 Å². The van der Waals surface area contributed by atoms with E-state index in [9.17, 15) is 4.39 Å². The third-order valence-corrected chi connectivity index (χ3v) is 2.53. The molecular formula is C12H14FN2+. The van der Waals surface area contributed by atoms with Crippen LogP contribution < -0.4 is 4.57 Å². The van der Waals surface area contributed by atoms with Gasteiger partial charge in [-0.25, -0.2) is 13.5 Å². The minimum atomic E-state index is -0.185. The smallest absolute Gasteiger partial charge is 0.239 e. The molecule has 2 rings (SSSR count). The molecule has 0 saturated heterocycles. The second-order valence-corrected chi connectivity index (χ2v) is 3.87. The number of aromatic nitrogens is 2. The number of benzene rings is 1. The van der Waals surface area contributed by atoms with Crippen molar-refractivity contribution in [2.75, 3.05) is 0 Å². The number of hydrogen-bond acceptors (Lipinski definition) is 0. The van der Waals surface area contributed by atoms with E-state index < -0.39 is 0 Å². The summed E-state index contributed by atoms with van der Waals surface area (Å²) in [6, 6.07) is 4.87. The zero-order chi connectivity index (χ0) is 11.0.